The standard InChI is InChI=1S/C49H35N3O2/c1-49(2)37-28-27-31(48-50-44(30-15-5-3-6-16-30)47-45(51-48)35-20-10-12-26-42(35)54-47)29-36(37)43-38(49)22-14-23-39(43)52(32-17-7-4-8-18-32)40-24-13-21-34-33-19-9-11-25-41(33)53-46(34)40/h3-29,44H,1-2H3,(H,50,51). The van der Waals surface area contributed by atoms with Gasteiger partial charge in [0.15, 0.2) is 11.3 Å². The lowest BCUT2D eigenvalue weighted by molar-refractivity contribution is 0.504. The Morgan fingerprint density at radius 1 is 0.593 bits per heavy atom. The first kappa shape index (κ1) is 30.7. The van der Waals surface area contributed by atoms with Gasteiger partial charge in [0.25, 0.3) is 0 Å². The summed E-state index contributed by atoms with van der Waals surface area (Å²) in [5.74, 6) is 1.65. The number of para-hydroxylation sites is 4. The van der Waals surface area contributed by atoms with Crippen molar-refractivity contribution in [3.63, 3.8) is 0 Å². The summed E-state index contributed by atoms with van der Waals surface area (Å²) < 4.78 is 13.1. The molecule has 258 valence electrons. The lowest BCUT2D eigenvalue weighted by Gasteiger charge is -2.28. The van der Waals surface area contributed by atoms with E-state index in [0.29, 0.717) is 0 Å². The first-order chi connectivity index (χ1) is 26.5. The molecule has 1 unspecified atom stereocenters. The molecule has 5 heteroatoms. The predicted octanol–water partition coefficient (Wildman–Crippen LogP) is 12.9. The van der Waals surface area contributed by atoms with Crippen molar-refractivity contribution < 1.29 is 8.83 Å². The summed E-state index contributed by atoms with van der Waals surface area (Å²) >= 11 is 0. The number of aliphatic imine (C=N–C) groups is 1. The molecular formula is C49H35N3O2. The first-order valence-electron chi connectivity index (χ1n) is 18.5. The van der Waals surface area contributed by atoms with Gasteiger partial charge in [0.1, 0.15) is 28.7 Å². The number of nitrogens with one attached hydrogen (secondary N) is 1. The largest absolute Gasteiger partial charge is 0.456 e. The molecule has 0 saturated carbocycles. The normalized spacial score (nSPS) is 15.4. The molecule has 2 aromatic heterocycles. The molecule has 1 N–H and O–H groups in total. The van der Waals surface area contributed by atoms with Crippen molar-refractivity contribution >= 4 is 61.5 Å². The number of amidine groups is 1. The molecule has 1 aliphatic carbocycles. The Morgan fingerprint density at radius 2 is 1.26 bits per heavy atom. The minimum Gasteiger partial charge on any atom is -0.456 e. The van der Waals surface area contributed by atoms with Gasteiger partial charge >= 0.3 is 0 Å². The van der Waals surface area contributed by atoms with Crippen LogP contribution in [0.5, 0.6) is 0 Å². The van der Waals surface area contributed by atoms with E-state index in [0.717, 1.165) is 78.4 Å². The van der Waals surface area contributed by atoms with Crippen molar-refractivity contribution in [2.24, 2.45) is 4.99 Å². The fraction of sp³-hybridized carbons (Fsp3) is 0.0816. The minimum absolute atomic E-state index is 0.188. The molecule has 1 aliphatic heterocycles. The number of fused-ring (bicyclic) bond motifs is 9. The third-order valence-electron chi connectivity index (χ3n) is 11.3. The van der Waals surface area contributed by atoms with Crippen molar-refractivity contribution in [3.05, 3.63) is 192 Å². The number of hydrogen-bond acceptors (Lipinski definition) is 5. The Hall–Kier alpha value is -6.85. The molecular weight excluding hydrogens is 663 g/mol. The quantitative estimate of drug-likeness (QED) is 0.194. The summed E-state index contributed by atoms with van der Waals surface area (Å²) in [5.41, 5.74) is 13.5. The van der Waals surface area contributed by atoms with Gasteiger partial charge < -0.3 is 19.1 Å². The van der Waals surface area contributed by atoms with Crippen molar-refractivity contribution in [2.45, 2.75) is 25.3 Å². The van der Waals surface area contributed by atoms with Crippen LogP contribution in [0.25, 0.3) is 44.0 Å². The minimum atomic E-state index is -0.227. The van der Waals surface area contributed by atoms with Gasteiger partial charge in [-0.2, -0.15) is 0 Å². The average molecular weight is 698 g/mol. The Bertz CT molecular complexity index is 2950. The summed E-state index contributed by atoms with van der Waals surface area (Å²) in [6.45, 7) is 4.67. The number of anilines is 3. The number of hydrogen-bond donors (Lipinski definition) is 1. The van der Waals surface area contributed by atoms with Crippen LogP contribution in [0.4, 0.5) is 22.7 Å². The van der Waals surface area contributed by atoms with Crippen LogP contribution in [0.15, 0.2) is 178 Å². The van der Waals surface area contributed by atoms with Crippen molar-refractivity contribution in [1.29, 1.82) is 0 Å². The van der Waals surface area contributed by atoms with Crippen molar-refractivity contribution in [1.82, 2.24) is 5.32 Å². The third-order valence-corrected chi connectivity index (χ3v) is 11.3. The van der Waals surface area contributed by atoms with E-state index in [-0.39, 0.29) is 11.5 Å². The van der Waals surface area contributed by atoms with Crippen LogP contribution in [0.3, 0.4) is 0 Å². The SMILES string of the molecule is CC1(C)c2ccc(C3=Nc4c(oc5ccccc45)C(c4ccccc4)N3)cc2-c2c(N(c3ccccc3)c3cccc4c3oc3ccccc34)cccc21. The molecule has 1 atom stereocenters. The maximum absolute atomic E-state index is 6.66. The van der Waals surface area contributed by atoms with Gasteiger partial charge in [-0.15, -0.1) is 0 Å². The van der Waals surface area contributed by atoms with E-state index in [1.165, 1.54) is 22.3 Å². The maximum Gasteiger partial charge on any atom is 0.159 e. The highest BCUT2D eigenvalue weighted by Crippen LogP contribution is 2.55. The van der Waals surface area contributed by atoms with E-state index in [2.05, 4.69) is 151 Å². The van der Waals surface area contributed by atoms with Crippen LogP contribution in [0, 0.1) is 0 Å². The fourth-order valence-electron chi connectivity index (χ4n) is 8.75. The van der Waals surface area contributed by atoms with E-state index in [1.54, 1.807) is 0 Å². The predicted molar refractivity (Wildman–Crippen MR) is 220 cm³/mol. The number of benzene rings is 7. The maximum atomic E-state index is 6.66. The molecule has 3 heterocycles. The van der Waals surface area contributed by atoms with Crippen molar-refractivity contribution in [3.8, 4) is 11.1 Å². The Balaban J connectivity index is 1.12. The molecule has 0 fully saturated rings. The van der Waals surface area contributed by atoms with Gasteiger partial charge in [-0.05, 0) is 70.8 Å². The van der Waals surface area contributed by atoms with Gasteiger partial charge in [-0.1, -0.05) is 129 Å². The second-order valence-corrected chi connectivity index (χ2v) is 14.8. The number of furan rings is 2. The second-order valence-electron chi connectivity index (χ2n) is 14.8. The van der Waals surface area contributed by atoms with Crippen LogP contribution >= 0.6 is 0 Å². The molecule has 0 amide bonds. The Kier molecular flexibility index (Phi) is 6.59. The summed E-state index contributed by atoms with van der Waals surface area (Å²) in [7, 11) is 0. The van der Waals surface area contributed by atoms with Gasteiger partial charge in [-0.25, -0.2) is 4.99 Å². The van der Waals surface area contributed by atoms with Crippen LogP contribution in [0.1, 0.15) is 47.9 Å². The molecule has 0 saturated heterocycles. The Morgan fingerprint density at radius 3 is 2.07 bits per heavy atom. The van der Waals surface area contributed by atoms with Crippen LogP contribution in [-0.4, -0.2) is 5.84 Å². The first-order valence-corrected chi connectivity index (χ1v) is 18.5. The van der Waals surface area contributed by atoms with E-state index in [4.69, 9.17) is 13.8 Å². The molecule has 54 heavy (non-hydrogen) atoms. The zero-order valence-corrected chi connectivity index (χ0v) is 29.9. The number of nitrogens with zero attached hydrogens (tertiary/aromatic N) is 2. The van der Waals surface area contributed by atoms with Gasteiger partial charge in [0, 0.05) is 38.4 Å². The monoisotopic (exact) mass is 697 g/mol. The topological polar surface area (TPSA) is 53.9 Å². The van der Waals surface area contributed by atoms with E-state index in [9.17, 15) is 0 Å². The molecule has 0 bridgehead atoms. The van der Waals surface area contributed by atoms with Crippen LogP contribution < -0.4 is 10.2 Å². The summed E-state index contributed by atoms with van der Waals surface area (Å²) in [6, 6.07) is 57.4. The van der Waals surface area contributed by atoms with Crippen LogP contribution in [0.2, 0.25) is 0 Å². The van der Waals surface area contributed by atoms with E-state index >= 15 is 0 Å². The van der Waals surface area contributed by atoms with E-state index in [1.807, 2.05) is 36.4 Å². The smallest absolute Gasteiger partial charge is 0.159 e. The van der Waals surface area contributed by atoms with Gasteiger partial charge in [0.05, 0.1) is 11.4 Å². The molecule has 11 rings (SSSR count). The highest BCUT2D eigenvalue weighted by Gasteiger charge is 2.39. The van der Waals surface area contributed by atoms with Crippen LogP contribution in [-0.2, 0) is 5.41 Å². The zero-order chi connectivity index (χ0) is 36.0. The summed E-state index contributed by atoms with van der Waals surface area (Å²) in [4.78, 5) is 7.66. The molecule has 5 nitrogen and oxygen atoms in total. The molecule has 0 spiro atoms. The number of rotatable bonds is 5. The lowest BCUT2D eigenvalue weighted by Crippen LogP contribution is -2.32. The lowest BCUT2D eigenvalue weighted by atomic mass is 9.82. The molecule has 0 radical (unpaired) electrons. The molecule has 2 aliphatic rings. The average Bonchev–Trinajstić information content (AvgIpc) is 3.87. The van der Waals surface area contributed by atoms with Gasteiger partial charge in [-0.3, -0.25) is 0 Å². The highest BCUT2D eigenvalue weighted by atomic mass is 16.3. The Labute approximate surface area is 312 Å². The molecule has 7 aromatic carbocycles. The molecule has 9 aromatic rings. The fourth-order valence-corrected chi connectivity index (χ4v) is 8.75. The highest BCUT2D eigenvalue weighted by molar-refractivity contribution is 6.12. The summed E-state index contributed by atoms with van der Waals surface area (Å²) in [6.07, 6.45) is 0. The van der Waals surface area contributed by atoms with E-state index < -0.39 is 0 Å². The summed E-state index contributed by atoms with van der Waals surface area (Å²) in [5, 5.41) is 7.02. The van der Waals surface area contributed by atoms with Gasteiger partial charge in [0.2, 0.25) is 0 Å². The third kappa shape index (κ3) is 4.48. The second kappa shape index (κ2) is 11.6. The zero-order valence-electron chi connectivity index (χ0n) is 29.9. The van der Waals surface area contributed by atoms with Crippen molar-refractivity contribution in [2.75, 3.05) is 4.90 Å².